The van der Waals surface area contributed by atoms with Crippen molar-refractivity contribution in [3.05, 3.63) is 71.9 Å². The van der Waals surface area contributed by atoms with Crippen LogP contribution >= 0.6 is 0 Å². The van der Waals surface area contributed by atoms with E-state index in [9.17, 15) is 0 Å². The molecule has 3 aromatic rings. The van der Waals surface area contributed by atoms with Crippen molar-refractivity contribution in [2.24, 2.45) is 0 Å². The second-order valence-corrected chi connectivity index (χ2v) is 4.67. The fourth-order valence-electron chi connectivity index (χ4n) is 2.27. The third-order valence-electron chi connectivity index (χ3n) is 3.46. The molecule has 0 amide bonds. The molecule has 2 nitrogen and oxygen atoms in total. The van der Waals surface area contributed by atoms with Crippen LogP contribution < -0.4 is 0 Å². The molecule has 0 bridgehead atoms. The lowest BCUT2D eigenvalue weighted by molar-refractivity contribution is 0.848. The second kappa shape index (κ2) is 4.73. The van der Waals surface area contributed by atoms with Gasteiger partial charge in [-0.15, -0.1) is 0 Å². The lowest BCUT2D eigenvalue weighted by Crippen LogP contribution is -1.98. The Balaban J connectivity index is 2.16. The number of nitrogens with zero attached hydrogens (tertiary/aromatic N) is 2. The minimum atomic E-state index is 1.06. The molecule has 0 saturated carbocycles. The van der Waals surface area contributed by atoms with E-state index in [1.165, 1.54) is 11.3 Å². The smallest absolute Gasteiger partial charge is 0.0959 e. The largest absolute Gasteiger partial charge is 0.237 e. The van der Waals surface area contributed by atoms with Crippen LogP contribution in [0.25, 0.3) is 16.9 Å². The second-order valence-electron chi connectivity index (χ2n) is 4.67. The Labute approximate surface area is 113 Å². The molecule has 0 aliphatic rings. The molecule has 0 aliphatic carbocycles. The van der Waals surface area contributed by atoms with Crippen molar-refractivity contribution in [3.63, 3.8) is 0 Å². The number of aromatic nitrogens is 2. The Hall–Kier alpha value is -2.35. The predicted octanol–water partition coefficient (Wildman–Crippen LogP) is 4.16. The van der Waals surface area contributed by atoms with Gasteiger partial charge in [0.25, 0.3) is 0 Å². The molecule has 0 spiro atoms. The number of para-hydroxylation sites is 1. The van der Waals surface area contributed by atoms with Crippen molar-refractivity contribution >= 4 is 0 Å². The van der Waals surface area contributed by atoms with Crippen molar-refractivity contribution in [1.29, 1.82) is 0 Å². The number of hydrogen-bond donors (Lipinski definition) is 0. The number of benzene rings is 2. The standard InChI is InChI=1S/C17H16N2/c1-13-14(2)19(16-11-7-4-8-12-16)18-17(13)15-9-5-3-6-10-15/h3-12H,1-2H3. The van der Waals surface area contributed by atoms with Gasteiger partial charge < -0.3 is 0 Å². The molecule has 3 rings (SSSR count). The first-order valence-electron chi connectivity index (χ1n) is 6.44. The molecule has 0 aliphatic heterocycles. The highest BCUT2D eigenvalue weighted by Gasteiger charge is 2.13. The molecule has 1 heterocycles. The average Bonchev–Trinajstić information content (AvgIpc) is 2.77. The summed E-state index contributed by atoms with van der Waals surface area (Å²) in [5, 5.41) is 4.77. The van der Waals surface area contributed by atoms with Crippen LogP contribution in [0, 0.1) is 13.8 Å². The van der Waals surface area contributed by atoms with Crippen molar-refractivity contribution in [2.75, 3.05) is 0 Å². The van der Waals surface area contributed by atoms with Crippen LogP contribution in [0.5, 0.6) is 0 Å². The van der Waals surface area contributed by atoms with Gasteiger partial charge in [0, 0.05) is 11.3 Å². The Morgan fingerprint density at radius 1 is 0.789 bits per heavy atom. The van der Waals surface area contributed by atoms with Crippen LogP contribution in [0.1, 0.15) is 11.3 Å². The molecule has 0 unspecified atom stereocenters. The lowest BCUT2D eigenvalue weighted by Gasteiger charge is -2.03. The number of rotatable bonds is 2. The Kier molecular flexibility index (Phi) is 2.92. The van der Waals surface area contributed by atoms with E-state index in [4.69, 9.17) is 5.10 Å². The highest BCUT2D eigenvalue weighted by molar-refractivity contribution is 5.64. The highest BCUT2D eigenvalue weighted by Crippen LogP contribution is 2.25. The molecule has 2 heteroatoms. The van der Waals surface area contributed by atoms with Gasteiger partial charge in [0.2, 0.25) is 0 Å². The first-order valence-corrected chi connectivity index (χ1v) is 6.44. The topological polar surface area (TPSA) is 17.8 Å². The zero-order valence-electron chi connectivity index (χ0n) is 11.2. The van der Waals surface area contributed by atoms with E-state index in [-0.39, 0.29) is 0 Å². The van der Waals surface area contributed by atoms with Gasteiger partial charge in [-0.1, -0.05) is 48.5 Å². The lowest BCUT2D eigenvalue weighted by atomic mass is 10.1. The van der Waals surface area contributed by atoms with E-state index in [2.05, 4.69) is 38.1 Å². The number of hydrogen-bond acceptors (Lipinski definition) is 1. The molecule has 1 aromatic heterocycles. The van der Waals surface area contributed by atoms with Gasteiger partial charge in [-0.05, 0) is 31.5 Å². The van der Waals surface area contributed by atoms with Crippen LogP contribution in [0.15, 0.2) is 60.7 Å². The summed E-state index contributed by atoms with van der Waals surface area (Å²) in [5.74, 6) is 0. The molecular weight excluding hydrogens is 232 g/mol. The Morgan fingerprint density at radius 2 is 1.37 bits per heavy atom. The maximum absolute atomic E-state index is 4.77. The minimum Gasteiger partial charge on any atom is -0.237 e. The molecule has 0 saturated heterocycles. The predicted molar refractivity (Wildman–Crippen MR) is 78.5 cm³/mol. The minimum absolute atomic E-state index is 1.06. The fraction of sp³-hybridized carbons (Fsp3) is 0.118. The zero-order valence-corrected chi connectivity index (χ0v) is 11.2. The monoisotopic (exact) mass is 248 g/mol. The van der Waals surface area contributed by atoms with Crippen LogP contribution in [-0.2, 0) is 0 Å². The molecule has 2 aromatic carbocycles. The Morgan fingerprint density at radius 3 is 2.00 bits per heavy atom. The average molecular weight is 248 g/mol. The normalized spacial score (nSPS) is 10.6. The Bertz CT molecular complexity index is 622. The summed E-state index contributed by atoms with van der Waals surface area (Å²) in [6.45, 7) is 4.24. The first kappa shape index (κ1) is 11.7. The van der Waals surface area contributed by atoms with E-state index >= 15 is 0 Å². The fourth-order valence-corrected chi connectivity index (χ4v) is 2.27. The summed E-state index contributed by atoms with van der Waals surface area (Å²) in [4.78, 5) is 0. The summed E-state index contributed by atoms with van der Waals surface area (Å²) < 4.78 is 2.01. The van der Waals surface area contributed by atoms with Crippen LogP contribution in [-0.4, -0.2) is 9.78 Å². The van der Waals surface area contributed by atoms with Crippen molar-refractivity contribution in [1.82, 2.24) is 9.78 Å². The van der Waals surface area contributed by atoms with Gasteiger partial charge in [0.05, 0.1) is 11.4 Å². The first-order chi connectivity index (χ1) is 9.27. The van der Waals surface area contributed by atoms with E-state index in [1.54, 1.807) is 0 Å². The maximum Gasteiger partial charge on any atom is 0.0959 e. The van der Waals surface area contributed by atoms with Crippen molar-refractivity contribution in [2.45, 2.75) is 13.8 Å². The van der Waals surface area contributed by atoms with Crippen LogP contribution in [0.3, 0.4) is 0 Å². The van der Waals surface area contributed by atoms with E-state index in [0.29, 0.717) is 0 Å². The molecule has 0 radical (unpaired) electrons. The zero-order chi connectivity index (χ0) is 13.2. The quantitative estimate of drug-likeness (QED) is 0.666. The molecule has 19 heavy (non-hydrogen) atoms. The summed E-state index contributed by atoms with van der Waals surface area (Å²) in [6, 6.07) is 20.6. The van der Waals surface area contributed by atoms with Gasteiger partial charge in [-0.2, -0.15) is 5.10 Å². The highest BCUT2D eigenvalue weighted by atomic mass is 15.3. The van der Waals surface area contributed by atoms with Crippen LogP contribution in [0.2, 0.25) is 0 Å². The molecular formula is C17H16N2. The van der Waals surface area contributed by atoms with E-state index < -0.39 is 0 Å². The van der Waals surface area contributed by atoms with Gasteiger partial charge in [0.1, 0.15) is 0 Å². The summed E-state index contributed by atoms with van der Waals surface area (Å²) in [5.41, 5.74) is 5.74. The van der Waals surface area contributed by atoms with Crippen LogP contribution in [0.4, 0.5) is 0 Å². The SMILES string of the molecule is Cc1c(-c2ccccc2)nn(-c2ccccc2)c1C. The summed E-state index contributed by atoms with van der Waals surface area (Å²) >= 11 is 0. The van der Waals surface area contributed by atoms with Gasteiger partial charge in [-0.25, -0.2) is 4.68 Å². The van der Waals surface area contributed by atoms with E-state index in [1.807, 2.05) is 41.1 Å². The molecule has 0 fully saturated rings. The van der Waals surface area contributed by atoms with Crippen molar-refractivity contribution < 1.29 is 0 Å². The molecule has 0 atom stereocenters. The van der Waals surface area contributed by atoms with Gasteiger partial charge >= 0.3 is 0 Å². The molecule has 0 N–H and O–H groups in total. The van der Waals surface area contributed by atoms with Gasteiger partial charge in [-0.3, -0.25) is 0 Å². The van der Waals surface area contributed by atoms with E-state index in [0.717, 1.165) is 16.9 Å². The third-order valence-corrected chi connectivity index (χ3v) is 3.46. The maximum atomic E-state index is 4.77. The molecule has 94 valence electrons. The third kappa shape index (κ3) is 2.06. The summed E-state index contributed by atoms with van der Waals surface area (Å²) in [6.07, 6.45) is 0. The van der Waals surface area contributed by atoms with Crippen molar-refractivity contribution in [3.8, 4) is 16.9 Å². The summed E-state index contributed by atoms with van der Waals surface area (Å²) in [7, 11) is 0. The van der Waals surface area contributed by atoms with Gasteiger partial charge in [0.15, 0.2) is 0 Å².